The van der Waals surface area contributed by atoms with E-state index in [2.05, 4.69) is 12.2 Å². The normalized spacial score (nSPS) is 13.8. The molecule has 0 rings (SSSR count). The minimum absolute atomic E-state index is 0. The van der Waals surface area contributed by atoms with Crippen molar-refractivity contribution in [2.24, 2.45) is 11.8 Å². The third kappa shape index (κ3) is 11.1. The van der Waals surface area contributed by atoms with Crippen LogP contribution in [0.4, 0.5) is 0 Å². The fraction of sp³-hybridized carbons (Fsp3) is 0.643. The molecule has 9 heteroatoms. The van der Waals surface area contributed by atoms with E-state index in [0.717, 1.165) is 0 Å². The summed E-state index contributed by atoms with van der Waals surface area (Å²) in [6.45, 7) is 8.29. The summed E-state index contributed by atoms with van der Waals surface area (Å²) in [7, 11) is 0. The molecule has 0 aromatic heterocycles. The molecule has 0 fully saturated rings. The third-order valence-corrected chi connectivity index (χ3v) is 3.03. The van der Waals surface area contributed by atoms with E-state index in [1.54, 1.807) is 13.8 Å². The van der Waals surface area contributed by atoms with Crippen LogP contribution in [-0.2, 0) is 73.0 Å². The molecule has 129 valence electrons. The molecule has 0 saturated carbocycles. The van der Waals surface area contributed by atoms with Crippen molar-refractivity contribution in [3.63, 3.8) is 0 Å². The van der Waals surface area contributed by atoms with Gasteiger partial charge in [0, 0.05) is 78.3 Å². The predicted molar refractivity (Wildman–Crippen MR) is 76.3 cm³/mol. The summed E-state index contributed by atoms with van der Waals surface area (Å²) in [5.41, 5.74) is 7.39. The quantitative estimate of drug-likeness (QED) is 0.401. The molecule has 3 atom stereocenters. The number of carboxylic acid groups (broad SMARTS) is 1. The summed E-state index contributed by atoms with van der Waals surface area (Å²) >= 11 is 0. The molecule has 0 saturated heterocycles. The fourth-order valence-corrected chi connectivity index (χ4v) is 1.74. The number of Topliss-reactive ketones (excluding diaryl/α,β-unsaturated/α-hetero) is 2. The number of hydrogen-bond acceptors (Lipinski definition) is 4. The second-order valence-electron chi connectivity index (χ2n) is 5.42. The zero-order valence-corrected chi connectivity index (χ0v) is 19.3. The Morgan fingerprint density at radius 2 is 1.61 bits per heavy atom. The molecule has 23 heavy (non-hydrogen) atoms. The predicted octanol–water partition coefficient (Wildman–Crippen LogP) is 1.02. The Hall–Kier alpha value is -0.0978. The zero-order chi connectivity index (χ0) is 16.7. The second-order valence-corrected chi connectivity index (χ2v) is 5.42. The van der Waals surface area contributed by atoms with Crippen LogP contribution < -0.4 is 5.32 Å². The van der Waals surface area contributed by atoms with E-state index in [1.807, 2.05) is 0 Å². The van der Waals surface area contributed by atoms with Crippen molar-refractivity contribution in [2.75, 3.05) is 0 Å². The molecule has 0 unspecified atom stereocenters. The maximum absolute atomic E-state index is 11.9. The van der Waals surface area contributed by atoms with Crippen LogP contribution in [0.1, 0.15) is 33.6 Å². The molecule has 0 aliphatic heterocycles. The summed E-state index contributed by atoms with van der Waals surface area (Å²) < 4.78 is 0. The van der Waals surface area contributed by atoms with Gasteiger partial charge in [0.2, 0.25) is 5.91 Å². The topological polar surface area (TPSA) is 124 Å². The summed E-state index contributed by atoms with van der Waals surface area (Å²) in [5, 5.41) is 11.0. The van der Waals surface area contributed by atoms with E-state index in [0.29, 0.717) is 0 Å². The zero-order valence-electron chi connectivity index (χ0n) is 13.5. The average Bonchev–Trinajstić information content (AvgIpc) is 2.33. The number of aliphatic carboxylic acids is 1. The van der Waals surface area contributed by atoms with Crippen LogP contribution >= 0.6 is 0 Å². The average molecular weight is 571 g/mol. The Kier molecular flexibility index (Phi) is 15.9. The van der Waals surface area contributed by atoms with E-state index in [-0.39, 0.29) is 66.1 Å². The van der Waals surface area contributed by atoms with Gasteiger partial charge in [0.25, 0.3) is 0 Å². The second kappa shape index (κ2) is 13.2. The van der Waals surface area contributed by atoms with Crippen molar-refractivity contribution in [3.05, 3.63) is 12.7 Å². The summed E-state index contributed by atoms with van der Waals surface area (Å²) in [6, 6.07) is -2.10. The smallest absolute Gasteiger partial charge is 0.302 e. The van der Waals surface area contributed by atoms with Crippen LogP contribution in [0, 0.1) is 18.8 Å². The maximum atomic E-state index is 11.9. The number of nitrogens with one attached hydrogen (secondary N) is 2. The standard InChI is InChI=1S/C14H22N2O5.W.Y/c1-7(2)13(9(4)17)16-14(21)8(3)5-11(18)10(15)6-12(19)20;;/h7-8,10,13,15H,4-6H2,1-3H3,(H,16,21)(H,19,20);;/q-2;;/t8-,10+,13+;;/m1../s1. The van der Waals surface area contributed by atoms with Gasteiger partial charge in [-0.3, -0.25) is 9.59 Å². The van der Waals surface area contributed by atoms with Gasteiger partial charge in [0.15, 0.2) is 0 Å². The third-order valence-electron chi connectivity index (χ3n) is 3.03. The van der Waals surface area contributed by atoms with Gasteiger partial charge >= 0.3 is 5.97 Å². The van der Waals surface area contributed by atoms with E-state index in [9.17, 15) is 19.2 Å². The van der Waals surface area contributed by atoms with E-state index in [1.165, 1.54) is 6.92 Å². The molecule has 0 aliphatic rings. The molecule has 1 radical (unpaired) electrons. The summed E-state index contributed by atoms with van der Waals surface area (Å²) in [6.07, 6.45) is -0.817. The number of amides is 1. The first-order valence-corrected chi connectivity index (χ1v) is 6.68. The minimum Gasteiger partial charge on any atom is -0.668 e. The van der Waals surface area contributed by atoms with Crippen LogP contribution in [0.25, 0.3) is 5.73 Å². The Bertz CT molecular complexity index is 431. The van der Waals surface area contributed by atoms with E-state index >= 15 is 0 Å². The fourth-order valence-electron chi connectivity index (χ4n) is 1.74. The molecule has 0 spiro atoms. The Morgan fingerprint density at radius 3 is 1.96 bits per heavy atom. The van der Waals surface area contributed by atoms with Crippen LogP contribution in [0.15, 0.2) is 0 Å². The van der Waals surface area contributed by atoms with Crippen molar-refractivity contribution in [2.45, 2.75) is 45.7 Å². The van der Waals surface area contributed by atoms with Crippen LogP contribution in [-0.4, -0.2) is 40.6 Å². The van der Waals surface area contributed by atoms with Crippen molar-refractivity contribution in [3.8, 4) is 0 Å². The van der Waals surface area contributed by atoms with Gasteiger partial charge in [-0.15, -0.1) is 0 Å². The van der Waals surface area contributed by atoms with Crippen molar-refractivity contribution >= 4 is 23.4 Å². The van der Waals surface area contributed by atoms with Gasteiger partial charge in [-0.25, -0.2) is 0 Å². The van der Waals surface area contributed by atoms with Gasteiger partial charge < -0.3 is 32.7 Å². The molecule has 0 aromatic carbocycles. The number of hydrogen-bond donors (Lipinski definition) is 2. The van der Waals surface area contributed by atoms with Gasteiger partial charge in [0.05, 0.1) is 6.04 Å². The largest absolute Gasteiger partial charge is 0.668 e. The van der Waals surface area contributed by atoms with Gasteiger partial charge in [0.1, 0.15) is 5.78 Å². The van der Waals surface area contributed by atoms with Crippen LogP contribution in [0.3, 0.4) is 0 Å². The summed E-state index contributed by atoms with van der Waals surface area (Å²) in [4.78, 5) is 45.3. The minimum atomic E-state index is -1.38. The monoisotopic (exact) mass is 571 g/mol. The van der Waals surface area contributed by atoms with Crippen LogP contribution in [0.2, 0.25) is 0 Å². The Labute approximate surface area is 176 Å². The molecular weight excluding hydrogens is 549 g/mol. The first-order valence-electron chi connectivity index (χ1n) is 6.68. The van der Waals surface area contributed by atoms with Crippen molar-refractivity contribution < 1.29 is 78.1 Å². The van der Waals surface area contributed by atoms with E-state index < -0.39 is 47.9 Å². The first kappa shape index (κ1) is 27.7. The molecule has 1 amide bonds. The SMILES string of the molecule is [CH2-]C(=O)[C@@H](NC(=O)[C@H](C)CC(=O)[C@@H]([NH-])CC(=O)O)C(C)C.[W].[Y]. The summed E-state index contributed by atoms with van der Waals surface area (Å²) in [5.74, 6) is -3.61. The van der Waals surface area contributed by atoms with Gasteiger partial charge in [-0.05, 0) is 5.92 Å². The van der Waals surface area contributed by atoms with Gasteiger partial charge in [-0.1, -0.05) is 26.8 Å². The van der Waals surface area contributed by atoms with Crippen molar-refractivity contribution in [1.29, 1.82) is 0 Å². The van der Waals surface area contributed by atoms with Gasteiger partial charge in [-0.2, -0.15) is 0 Å². The molecule has 3 N–H and O–H groups in total. The Balaban J connectivity index is -0.00000200. The molecule has 0 aromatic rings. The molecular formula is C14H22N2O5WY-2. The number of ketones is 2. The molecule has 0 bridgehead atoms. The number of carbonyl (C=O) groups is 4. The molecule has 7 nitrogen and oxygen atoms in total. The molecule has 0 heterocycles. The van der Waals surface area contributed by atoms with Crippen LogP contribution in [0.5, 0.6) is 0 Å². The first-order chi connectivity index (χ1) is 9.56. The maximum Gasteiger partial charge on any atom is 0.302 e. The Morgan fingerprint density at radius 1 is 1.13 bits per heavy atom. The number of carbonyl (C=O) groups excluding carboxylic acids is 3. The number of carboxylic acids is 1. The molecule has 0 aliphatic carbocycles. The number of rotatable bonds is 9. The van der Waals surface area contributed by atoms with Crippen molar-refractivity contribution in [1.82, 2.24) is 5.32 Å². The van der Waals surface area contributed by atoms with E-state index in [4.69, 9.17) is 10.8 Å².